The van der Waals surface area contributed by atoms with Crippen LogP contribution in [0.25, 0.3) is 5.65 Å². The van der Waals surface area contributed by atoms with Gasteiger partial charge in [0.1, 0.15) is 10.7 Å². The fraction of sp³-hybridized carbons (Fsp3) is 0.412. The van der Waals surface area contributed by atoms with Crippen LogP contribution in [0, 0.1) is 6.92 Å². The molecular weight excluding hydrogens is 393 g/mol. The van der Waals surface area contributed by atoms with Crippen LogP contribution >= 0.6 is 34.5 Å². The third-order valence-corrected chi connectivity index (χ3v) is 6.13. The Kier molecular flexibility index (Phi) is 4.86. The monoisotopic (exact) mass is 409 g/mol. The summed E-state index contributed by atoms with van der Waals surface area (Å²) in [6, 6.07) is 1.60. The minimum Gasteiger partial charge on any atom is -0.295 e. The van der Waals surface area contributed by atoms with Crippen molar-refractivity contribution in [2.45, 2.75) is 44.9 Å². The summed E-state index contributed by atoms with van der Waals surface area (Å²) in [6.45, 7) is 1.76. The molecule has 26 heavy (non-hydrogen) atoms. The molecule has 4 rings (SSSR count). The molecule has 0 unspecified atom stereocenters. The molecule has 0 atom stereocenters. The zero-order valence-corrected chi connectivity index (χ0v) is 16.5. The highest BCUT2D eigenvalue weighted by Gasteiger charge is 2.23. The molecule has 6 nitrogen and oxygen atoms in total. The predicted molar refractivity (Wildman–Crippen MR) is 104 cm³/mol. The molecule has 1 aliphatic rings. The Morgan fingerprint density at radius 2 is 2.04 bits per heavy atom. The van der Waals surface area contributed by atoms with E-state index in [4.69, 9.17) is 23.2 Å². The van der Waals surface area contributed by atoms with Crippen LogP contribution in [-0.4, -0.2) is 25.5 Å². The van der Waals surface area contributed by atoms with E-state index in [1.165, 1.54) is 30.6 Å². The van der Waals surface area contributed by atoms with Gasteiger partial charge in [-0.2, -0.15) is 0 Å². The molecule has 1 aliphatic carbocycles. The first-order valence-electron chi connectivity index (χ1n) is 8.51. The van der Waals surface area contributed by atoms with E-state index >= 15 is 0 Å². The highest BCUT2D eigenvalue weighted by atomic mass is 35.5. The molecule has 1 saturated carbocycles. The van der Waals surface area contributed by atoms with Gasteiger partial charge in [0.25, 0.3) is 5.91 Å². The number of rotatable bonds is 3. The van der Waals surface area contributed by atoms with Gasteiger partial charge in [-0.05, 0) is 25.8 Å². The van der Waals surface area contributed by atoms with Crippen LogP contribution in [0.4, 0.5) is 5.13 Å². The number of hydrogen-bond donors (Lipinski definition) is 1. The molecule has 1 fully saturated rings. The predicted octanol–water partition coefficient (Wildman–Crippen LogP) is 5.10. The lowest BCUT2D eigenvalue weighted by molar-refractivity contribution is 0.102. The second-order valence-electron chi connectivity index (χ2n) is 6.48. The van der Waals surface area contributed by atoms with Crippen molar-refractivity contribution in [1.29, 1.82) is 0 Å². The lowest BCUT2D eigenvalue weighted by Gasteiger charge is -2.18. The van der Waals surface area contributed by atoms with E-state index < -0.39 is 0 Å². The van der Waals surface area contributed by atoms with E-state index in [-0.39, 0.29) is 5.91 Å². The summed E-state index contributed by atoms with van der Waals surface area (Å²) in [4.78, 5) is 17.2. The Morgan fingerprint density at radius 3 is 2.81 bits per heavy atom. The number of aromatic nitrogens is 4. The molecule has 3 aromatic heterocycles. The van der Waals surface area contributed by atoms with Crippen molar-refractivity contribution >= 4 is 51.2 Å². The number of nitrogens with one attached hydrogen (secondary N) is 1. The van der Waals surface area contributed by atoms with Crippen molar-refractivity contribution in [3.8, 4) is 0 Å². The molecule has 0 spiro atoms. The van der Waals surface area contributed by atoms with Gasteiger partial charge >= 0.3 is 0 Å². The van der Waals surface area contributed by atoms with Gasteiger partial charge in [-0.1, -0.05) is 53.8 Å². The topological polar surface area (TPSA) is 72.2 Å². The molecule has 0 radical (unpaired) electrons. The van der Waals surface area contributed by atoms with E-state index in [1.54, 1.807) is 23.6 Å². The first-order chi connectivity index (χ1) is 12.5. The standard InChI is InChI=1S/C17H17Cl2N5OS/c1-9-13(24-8-11(18)7-12(19)14(24)20-9)15(25)21-17-23-22-16(26-17)10-5-3-2-4-6-10/h7-8,10H,2-6H2,1H3,(H,21,23,25). The highest BCUT2D eigenvalue weighted by molar-refractivity contribution is 7.15. The summed E-state index contributed by atoms with van der Waals surface area (Å²) in [5.74, 6) is 0.154. The van der Waals surface area contributed by atoms with Crippen LogP contribution in [-0.2, 0) is 0 Å². The number of amides is 1. The summed E-state index contributed by atoms with van der Waals surface area (Å²) in [5, 5.41) is 13.6. The number of hydrogen-bond acceptors (Lipinski definition) is 5. The summed E-state index contributed by atoms with van der Waals surface area (Å²) in [6.07, 6.45) is 7.67. The van der Waals surface area contributed by atoms with Crippen molar-refractivity contribution in [1.82, 2.24) is 19.6 Å². The number of anilines is 1. The van der Waals surface area contributed by atoms with Crippen molar-refractivity contribution in [3.05, 3.63) is 38.7 Å². The molecule has 0 aliphatic heterocycles. The summed E-state index contributed by atoms with van der Waals surface area (Å²) in [7, 11) is 0. The summed E-state index contributed by atoms with van der Waals surface area (Å²) < 4.78 is 1.61. The smallest absolute Gasteiger partial charge is 0.276 e. The lowest BCUT2D eigenvalue weighted by atomic mass is 9.90. The van der Waals surface area contributed by atoms with Crippen LogP contribution in [0.3, 0.4) is 0 Å². The SMILES string of the molecule is Cc1nc2c(Cl)cc(Cl)cn2c1C(=O)Nc1nnc(C2CCCCC2)s1. The third-order valence-electron chi connectivity index (χ3n) is 4.65. The Bertz CT molecular complexity index is 977. The normalized spacial score (nSPS) is 15.5. The van der Waals surface area contributed by atoms with Crippen molar-refractivity contribution in [2.24, 2.45) is 0 Å². The zero-order valence-electron chi connectivity index (χ0n) is 14.1. The molecule has 0 aromatic carbocycles. The second kappa shape index (κ2) is 7.13. The Labute approximate surface area is 164 Å². The number of halogens is 2. The van der Waals surface area contributed by atoms with Gasteiger partial charge in [-0.3, -0.25) is 14.5 Å². The number of fused-ring (bicyclic) bond motifs is 1. The maximum absolute atomic E-state index is 12.8. The Morgan fingerprint density at radius 1 is 1.27 bits per heavy atom. The van der Waals surface area contributed by atoms with Crippen molar-refractivity contribution < 1.29 is 4.79 Å². The largest absolute Gasteiger partial charge is 0.295 e. The Balaban J connectivity index is 1.60. The van der Waals surface area contributed by atoms with Gasteiger partial charge in [-0.25, -0.2) is 4.98 Å². The van der Waals surface area contributed by atoms with Gasteiger partial charge in [0, 0.05) is 12.1 Å². The molecule has 1 amide bonds. The van der Waals surface area contributed by atoms with Gasteiger partial charge in [0.05, 0.1) is 15.7 Å². The molecule has 1 N–H and O–H groups in total. The van der Waals surface area contributed by atoms with Crippen molar-refractivity contribution in [3.63, 3.8) is 0 Å². The number of aryl methyl sites for hydroxylation is 1. The first-order valence-corrected chi connectivity index (χ1v) is 10.1. The van der Waals surface area contributed by atoms with E-state index in [1.807, 2.05) is 0 Å². The lowest BCUT2D eigenvalue weighted by Crippen LogP contribution is -2.15. The Hall–Kier alpha value is -1.70. The molecular formula is C17H17Cl2N5OS. The highest BCUT2D eigenvalue weighted by Crippen LogP contribution is 2.35. The number of nitrogens with zero attached hydrogens (tertiary/aromatic N) is 4. The van der Waals surface area contributed by atoms with Gasteiger partial charge in [0.15, 0.2) is 5.65 Å². The number of pyridine rings is 1. The number of imidazole rings is 1. The molecule has 9 heteroatoms. The first kappa shape index (κ1) is 17.7. The van der Waals surface area contributed by atoms with Crippen LogP contribution in [0.5, 0.6) is 0 Å². The number of carbonyl (C=O) groups excluding carboxylic acids is 1. The molecule has 0 saturated heterocycles. The maximum Gasteiger partial charge on any atom is 0.276 e. The van der Waals surface area contributed by atoms with Crippen LogP contribution in [0.1, 0.15) is 59.2 Å². The molecule has 0 bridgehead atoms. The zero-order chi connectivity index (χ0) is 18.3. The quantitative estimate of drug-likeness (QED) is 0.652. The second-order valence-corrected chi connectivity index (χ2v) is 8.33. The fourth-order valence-corrected chi connectivity index (χ4v) is 4.84. The van der Waals surface area contributed by atoms with Gasteiger partial charge < -0.3 is 0 Å². The van der Waals surface area contributed by atoms with Crippen LogP contribution in [0.15, 0.2) is 12.3 Å². The average Bonchev–Trinajstić information content (AvgIpc) is 3.20. The third kappa shape index (κ3) is 3.31. The molecule has 3 heterocycles. The summed E-state index contributed by atoms with van der Waals surface area (Å²) in [5.41, 5.74) is 1.46. The minimum absolute atomic E-state index is 0.306. The van der Waals surface area contributed by atoms with Crippen molar-refractivity contribution in [2.75, 3.05) is 5.32 Å². The van der Waals surface area contributed by atoms with E-state index in [0.717, 1.165) is 17.8 Å². The molecule has 136 valence electrons. The van der Waals surface area contributed by atoms with Crippen LogP contribution in [0.2, 0.25) is 10.0 Å². The summed E-state index contributed by atoms with van der Waals surface area (Å²) >= 11 is 13.7. The van der Waals surface area contributed by atoms with E-state index in [9.17, 15) is 4.79 Å². The van der Waals surface area contributed by atoms with E-state index in [0.29, 0.717) is 38.1 Å². The maximum atomic E-state index is 12.8. The molecule has 3 aromatic rings. The van der Waals surface area contributed by atoms with Crippen LogP contribution < -0.4 is 5.32 Å². The van der Waals surface area contributed by atoms with Gasteiger partial charge in [-0.15, -0.1) is 10.2 Å². The van der Waals surface area contributed by atoms with Gasteiger partial charge in [0.2, 0.25) is 5.13 Å². The number of carbonyl (C=O) groups is 1. The minimum atomic E-state index is -0.306. The van der Waals surface area contributed by atoms with E-state index in [2.05, 4.69) is 20.5 Å². The fourth-order valence-electron chi connectivity index (χ4n) is 3.42. The average molecular weight is 410 g/mol.